The molecule has 1 aromatic rings. The lowest BCUT2D eigenvalue weighted by atomic mass is 9.90. The number of para-hydroxylation sites is 1. The van der Waals surface area contributed by atoms with Gasteiger partial charge in [-0.2, -0.15) is 0 Å². The molecule has 102 valence electrons. The highest BCUT2D eigenvalue weighted by atomic mass is 16.4. The number of aliphatic carboxylic acids is 1. The van der Waals surface area contributed by atoms with Crippen LogP contribution in [0.1, 0.15) is 31.2 Å². The molecular weight excluding hydrogens is 244 g/mol. The first-order valence-corrected chi connectivity index (χ1v) is 6.43. The van der Waals surface area contributed by atoms with E-state index in [4.69, 9.17) is 5.11 Å². The third-order valence-corrected chi connectivity index (χ3v) is 3.27. The minimum Gasteiger partial charge on any atom is -0.481 e. The Labute approximate surface area is 112 Å². The summed E-state index contributed by atoms with van der Waals surface area (Å²) < 4.78 is 0. The van der Waals surface area contributed by atoms with E-state index in [0.717, 1.165) is 24.2 Å². The van der Waals surface area contributed by atoms with E-state index < -0.39 is 5.97 Å². The van der Waals surface area contributed by atoms with Crippen LogP contribution in [0.4, 0.5) is 5.69 Å². The molecular formula is C14H18N2O3. The van der Waals surface area contributed by atoms with Crippen LogP contribution in [0.25, 0.3) is 0 Å². The average Bonchev–Trinajstić information content (AvgIpc) is 2.36. The van der Waals surface area contributed by atoms with Gasteiger partial charge in [-0.3, -0.25) is 9.59 Å². The van der Waals surface area contributed by atoms with Crippen molar-refractivity contribution in [1.82, 2.24) is 5.32 Å². The van der Waals surface area contributed by atoms with Gasteiger partial charge in [0.05, 0.1) is 12.3 Å². The predicted molar refractivity (Wildman–Crippen MR) is 72.1 cm³/mol. The molecule has 1 amide bonds. The highest BCUT2D eigenvalue weighted by molar-refractivity contribution is 5.86. The Morgan fingerprint density at radius 2 is 2.21 bits per heavy atom. The molecule has 0 saturated heterocycles. The van der Waals surface area contributed by atoms with Crippen LogP contribution in [-0.4, -0.2) is 29.6 Å². The summed E-state index contributed by atoms with van der Waals surface area (Å²) >= 11 is 0. The zero-order chi connectivity index (χ0) is 13.8. The Bertz CT molecular complexity index is 487. The van der Waals surface area contributed by atoms with Crippen LogP contribution in [0.3, 0.4) is 0 Å². The lowest BCUT2D eigenvalue weighted by Crippen LogP contribution is -2.39. The van der Waals surface area contributed by atoms with Gasteiger partial charge in [-0.05, 0) is 25.0 Å². The zero-order valence-electron chi connectivity index (χ0n) is 10.8. The van der Waals surface area contributed by atoms with Crippen LogP contribution in [0.5, 0.6) is 0 Å². The molecule has 3 N–H and O–H groups in total. The molecule has 1 heterocycles. The number of rotatable bonds is 4. The third kappa shape index (κ3) is 3.24. The molecule has 0 aliphatic carbocycles. The fourth-order valence-corrected chi connectivity index (χ4v) is 2.40. The second-order valence-corrected chi connectivity index (χ2v) is 4.86. The number of carbonyl (C=O) groups is 2. The first kappa shape index (κ1) is 13.4. The number of fused-ring (bicyclic) bond motifs is 1. The molecule has 0 radical (unpaired) electrons. The number of carbonyl (C=O) groups excluding carboxylic acids is 1. The molecule has 5 heteroatoms. The molecule has 2 unspecified atom stereocenters. The second kappa shape index (κ2) is 5.73. The van der Waals surface area contributed by atoms with Crippen LogP contribution in [-0.2, 0) is 9.59 Å². The maximum absolute atomic E-state index is 12.2. The number of carboxylic acids is 1. The molecule has 0 aromatic heterocycles. The van der Waals surface area contributed by atoms with Crippen LogP contribution >= 0.6 is 0 Å². The van der Waals surface area contributed by atoms with Crippen LogP contribution in [0.15, 0.2) is 24.3 Å². The Morgan fingerprint density at radius 3 is 2.95 bits per heavy atom. The van der Waals surface area contributed by atoms with Crippen molar-refractivity contribution in [2.24, 2.45) is 0 Å². The van der Waals surface area contributed by atoms with Gasteiger partial charge in [0.25, 0.3) is 0 Å². The van der Waals surface area contributed by atoms with Crippen LogP contribution in [0, 0.1) is 0 Å². The topological polar surface area (TPSA) is 78.4 Å². The van der Waals surface area contributed by atoms with E-state index in [1.54, 1.807) is 6.92 Å². The van der Waals surface area contributed by atoms with Crippen LogP contribution in [0.2, 0.25) is 0 Å². The molecule has 0 bridgehead atoms. The minimum atomic E-state index is -0.904. The smallest absolute Gasteiger partial charge is 0.305 e. The maximum Gasteiger partial charge on any atom is 0.305 e. The van der Waals surface area contributed by atoms with Gasteiger partial charge in [0.15, 0.2) is 0 Å². The summed E-state index contributed by atoms with van der Waals surface area (Å²) in [7, 11) is 0. The second-order valence-electron chi connectivity index (χ2n) is 4.86. The summed E-state index contributed by atoms with van der Waals surface area (Å²) in [5.41, 5.74) is 1.97. The summed E-state index contributed by atoms with van der Waals surface area (Å²) in [6.45, 7) is 2.46. The molecule has 19 heavy (non-hydrogen) atoms. The Hall–Kier alpha value is -2.04. The van der Waals surface area contributed by atoms with E-state index in [1.165, 1.54) is 0 Å². The molecule has 1 aliphatic rings. The quantitative estimate of drug-likeness (QED) is 0.769. The molecule has 1 aliphatic heterocycles. The summed E-state index contributed by atoms with van der Waals surface area (Å²) in [4.78, 5) is 22.8. The largest absolute Gasteiger partial charge is 0.481 e. The van der Waals surface area contributed by atoms with Gasteiger partial charge in [0, 0.05) is 18.3 Å². The predicted octanol–water partition coefficient (Wildman–Crippen LogP) is 1.57. The minimum absolute atomic E-state index is 0.0572. The first-order chi connectivity index (χ1) is 9.08. The van der Waals surface area contributed by atoms with Crippen molar-refractivity contribution < 1.29 is 14.7 Å². The van der Waals surface area contributed by atoms with Gasteiger partial charge >= 0.3 is 5.97 Å². The molecule has 2 rings (SSSR count). The summed E-state index contributed by atoms with van der Waals surface area (Å²) in [6, 6.07) is 7.38. The summed E-state index contributed by atoms with van der Waals surface area (Å²) in [5.74, 6) is -1.20. The van der Waals surface area contributed by atoms with Crippen molar-refractivity contribution in [2.75, 3.05) is 11.9 Å². The Balaban J connectivity index is 2.06. The van der Waals surface area contributed by atoms with Gasteiger partial charge in [-0.15, -0.1) is 0 Å². The van der Waals surface area contributed by atoms with Crippen molar-refractivity contribution in [3.05, 3.63) is 29.8 Å². The van der Waals surface area contributed by atoms with Crippen molar-refractivity contribution in [3.8, 4) is 0 Å². The van der Waals surface area contributed by atoms with Crippen molar-refractivity contribution in [1.29, 1.82) is 0 Å². The monoisotopic (exact) mass is 262 g/mol. The number of benzene rings is 1. The lowest BCUT2D eigenvalue weighted by Gasteiger charge is -2.26. The Morgan fingerprint density at radius 1 is 1.47 bits per heavy atom. The standard InChI is InChI=1S/C14H18N2O3/c1-9(8-13(17)18)16-14(19)11-6-7-15-12-5-3-2-4-10(11)12/h2-5,9,11,15H,6-8H2,1H3,(H,16,19)(H,17,18). The third-order valence-electron chi connectivity index (χ3n) is 3.27. The number of anilines is 1. The molecule has 0 spiro atoms. The zero-order valence-corrected chi connectivity index (χ0v) is 10.8. The molecule has 1 aromatic carbocycles. The van der Waals surface area contributed by atoms with E-state index in [0.29, 0.717) is 0 Å². The first-order valence-electron chi connectivity index (χ1n) is 6.43. The molecule has 5 nitrogen and oxygen atoms in total. The van der Waals surface area contributed by atoms with Crippen LogP contribution < -0.4 is 10.6 Å². The van der Waals surface area contributed by atoms with E-state index >= 15 is 0 Å². The highest BCUT2D eigenvalue weighted by Crippen LogP contribution is 2.31. The van der Waals surface area contributed by atoms with Gasteiger partial charge < -0.3 is 15.7 Å². The number of amides is 1. The van der Waals surface area contributed by atoms with Gasteiger partial charge in [0.2, 0.25) is 5.91 Å². The van der Waals surface area contributed by atoms with E-state index in [1.807, 2.05) is 24.3 Å². The summed E-state index contributed by atoms with van der Waals surface area (Å²) in [5, 5.41) is 14.7. The van der Waals surface area contributed by atoms with Gasteiger partial charge in [-0.1, -0.05) is 18.2 Å². The van der Waals surface area contributed by atoms with Crippen molar-refractivity contribution >= 4 is 17.6 Å². The van der Waals surface area contributed by atoms with Crippen molar-refractivity contribution in [3.63, 3.8) is 0 Å². The highest BCUT2D eigenvalue weighted by Gasteiger charge is 2.27. The average molecular weight is 262 g/mol. The molecule has 0 saturated carbocycles. The van der Waals surface area contributed by atoms with Gasteiger partial charge in [0.1, 0.15) is 0 Å². The normalized spacial score (nSPS) is 18.9. The van der Waals surface area contributed by atoms with Gasteiger partial charge in [-0.25, -0.2) is 0 Å². The van der Waals surface area contributed by atoms with Crippen molar-refractivity contribution in [2.45, 2.75) is 31.7 Å². The molecule has 2 atom stereocenters. The fraction of sp³-hybridized carbons (Fsp3) is 0.429. The van der Waals surface area contributed by atoms with E-state index in [9.17, 15) is 9.59 Å². The SMILES string of the molecule is CC(CC(=O)O)NC(=O)C1CCNc2ccccc21. The van der Waals surface area contributed by atoms with E-state index in [-0.39, 0.29) is 24.3 Å². The number of hydrogen-bond donors (Lipinski definition) is 3. The summed E-state index contributed by atoms with van der Waals surface area (Å²) in [6.07, 6.45) is 0.668. The number of hydrogen-bond acceptors (Lipinski definition) is 3. The number of nitrogens with one attached hydrogen (secondary N) is 2. The number of carboxylic acid groups (broad SMARTS) is 1. The van der Waals surface area contributed by atoms with E-state index in [2.05, 4.69) is 10.6 Å². The fourth-order valence-electron chi connectivity index (χ4n) is 2.40. The Kier molecular flexibility index (Phi) is 4.04. The lowest BCUT2D eigenvalue weighted by molar-refractivity contribution is -0.137. The maximum atomic E-state index is 12.2. The molecule has 0 fully saturated rings.